The lowest BCUT2D eigenvalue weighted by molar-refractivity contribution is -0.119. The van der Waals surface area contributed by atoms with Crippen molar-refractivity contribution in [3.63, 3.8) is 0 Å². The van der Waals surface area contributed by atoms with Crippen LogP contribution in [0, 0.1) is 0 Å². The number of benzene rings is 3. The molecule has 2 aromatic heterocycles. The van der Waals surface area contributed by atoms with Crippen LogP contribution in [0.15, 0.2) is 101 Å². The Bertz CT molecular complexity index is 1750. The molecule has 2 heterocycles. The second kappa shape index (κ2) is 11.3. The molecule has 190 valence electrons. The van der Waals surface area contributed by atoms with Gasteiger partial charge in [-0.15, -0.1) is 11.3 Å². The second-order valence-corrected chi connectivity index (χ2v) is 11.9. The molecule has 0 saturated carbocycles. The summed E-state index contributed by atoms with van der Waals surface area (Å²) in [6.07, 6.45) is 4.43. The first-order chi connectivity index (χ1) is 18.4. The lowest BCUT2D eigenvalue weighted by Gasteiger charge is -2.11. The first-order valence-corrected chi connectivity index (χ1v) is 14.6. The predicted octanol–water partition coefficient (Wildman–Crippen LogP) is 7.22. The molecule has 38 heavy (non-hydrogen) atoms. The third-order valence-electron chi connectivity index (χ3n) is 5.97. The third kappa shape index (κ3) is 6.19. The molecular formula is C30H23ClN2O3S2. The Morgan fingerprint density at radius 3 is 2.61 bits per heavy atom. The Kier molecular flexibility index (Phi) is 7.69. The quantitative estimate of drug-likeness (QED) is 0.218. The van der Waals surface area contributed by atoms with E-state index in [0.29, 0.717) is 11.4 Å². The van der Waals surface area contributed by atoms with Gasteiger partial charge in [0, 0.05) is 16.8 Å². The van der Waals surface area contributed by atoms with Gasteiger partial charge in [-0.3, -0.25) is 4.79 Å². The number of carbonyl (C=O) groups is 1. The maximum Gasteiger partial charge on any atom is 0.273 e. The molecule has 3 aromatic carbocycles. The molecule has 5 rings (SSSR count). The van der Waals surface area contributed by atoms with E-state index >= 15 is 0 Å². The lowest BCUT2D eigenvalue weighted by atomic mass is 9.95. The summed E-state index contributed by atoms with van der Waals surface area (Å²) in [4.78, 5) is 17.1. The fourth-order valence-corrected chi connectivity index (χ4v) is 6.30. The number of aromatic nitrogens is 1. The number of pyridine rings is 1. The van der Waals surface area contributed by atoms with Crippen LogP contribution in [0.1, 0.15) is 23.2 Å². The minimum Gasteiger partial charge on any atom is -0.274 e. The highest BCUT2D eigenvalue weighted by Gasteiger charge is 2.18. The average Bonchev–Trinajstić information content (AvgIpc) is 3.47. The van der Waals surface area contributed by atoms with Gasteiger partial charge in [-0.2, -0.15) is 0 Å². The zero-order valence-corrected chi connectivity index (χ0v) is 22.6. The maximum atomic E-state index is 12.4. The van der Waals surface area contributed by atoms with Crippen molar-refractivity contribution < 1.29 is 13.2 Å². The molecule has 5 nitrogen and oxygen atoms in total. The van der Waals surface area contributed by atoms with Gasteiger partial charge in [0.15, 0.2) is 0 Å². The van der Waals surface area contributed by atoms with Crippen molar-refractivity contribution >= 4 is 61.9 Å². The van der Waals surface area contributed by atoms with Crippen molar-refractivity contribution in [2.45, 2.75) is 17.1 Å². The summed E-state index contributed by atoms with van der Waals surface area (Å²) in [5, 5.41) is 3.34. The fourth-order valence-electron chi connectivity index (χ4n) is 4.13. The van der Waals surface area contributed by atoms with Crippen molar-refractivity contribution in [3.8, 4) is 11.1 Å². The van der Waals surface area contributed by atoms with Crippen molar-refractivity contribution in [2.24, 2.45) is 0 Å². The third-order valence-corrected chi connectivity index (χ3v) is 8.97. The SMILES string of the molecule is O=C(CCc1ccccc1-c1cccc(/C=C/c2ccc3ccc(Cl)cc3n2)c1)NS(=O)(=O)c1cccs1. The number of nitrogens with zero attached hydrogens (tertiary/aromatic N) is 1. The van der Waals surface area contributed by atoms with Crippen LogP contribution in [-0.4, -0.2) is 19.3 Å². The van der Waals surface area contributed by atoms with E-state index in [1.807, 2.05) is 84.9 Å². The summed E-state index contributed by atoms with van der Waals surface area (Å²) < 4.78 is 27.0. The summed E-state index contributed by atoms with van der Waals surface area (Å²) in [6, 6.07) is 28.7. The van der Waals surface area contributed by atoms with Gasteiger partial charge in [0.2, 0.25) is 5.91 Å². The van der Waals surface area contributed by atoms with Gasteiger partial charge >= 0.3 is 0 Å². The molecule has 0 fully saturated rings. The minimum absolute atomic E-state index is 0.0544. The molecule has 1 N–H and O–H groups in total. The largest absolute Gasteiger partial charge is 0.274 e. The highest BCUT2D eigenvalue weighted by molar-refractivity contribution is 7.92. The molecule has 0 spiro atoms. The van der Waals surface area contributed by atoms with Crippen molar-refractivity contribution in [1.29, 1.82) is 0 Å². The van der Waals surface area contributed by atoms with Gasteiger partial charge in [0.25, 0.3) is 10.0 Å². The molecule has 0 aliphatic carbocycles. The summed E-state index contributed by atoms with van der Waals surface area (Å²) in [5.74, 6) is -0.533. The molecule has 0 bridgehead atoms. The van der Waals surface area contributed by atoms with Crippen LogP contribution < -0.4 is 4.72 Å². The normalized spacial score (nSPS) is 11.7. The maximum absolute atomic E-state index is 12.4. The van der Waals surface area contributed by atoms with E-state index in [0.717, 1.165) is 50.2 Å². The number of halogens is 1. The first-order valence-electron chi connectivity index (χ1n) is 11.9. The summed E-state index contributed by atoms with van der Waals surface area (Å²) >= 11 is 7.19. The Morgan fingerprint density at radius 1 is 0.921 bits per heavy atom. The van der Waals surface area contributed by atoms with Gasteiger partial charge in [-0.25, -0.2) is 18.1 Å². The molecule has 5 aromatic rings. The molecular weight excluding hydrogens is 536 g/mol. The van der Waals surface area contributed by atoms with E-state index in [1.54, 1.807) is 11.4 Å². The molecule has 0 radical (unpaired) electrons. The number of fused-ring (bicyclic) bond motifs is 1. The van der Waals surface area contributed by atoms with E-state index in [9.17, 15) is 13.2 Å². The average molecular weight is 559 g/mol. The number of hydrogen-bond donors (Lipinski definition) is 1. The molecule has 0 aliphatic heterocycles. The van der Waals surface area contributed by atoms with E-state index < -0.39 is 15.9 Å². The highest BCUT2D eigenvalue weighted by atomic mass is 35.5. The summed E-state index contributed by atoms with van der Waals surface area (Å²) in [7, 11) is -3.83. The molecule has 8 heteroatoms. The van der Waals surface area contributed by atoms with Crippen molar-refractivity contribution in [2.75, 3.05) is 0 Å². The Morgan fingerprint density at radius 2 is 1.76 bits per heavy atom. The first kappa shape index (κ1) is 25.9. The summed E-state index contributed by atoms with van der Waals surface area (Å²) in [6.45, 7) is 0. The second-order valence-electron chi connectivity index (χ2n) is 8.65. The number of aryl methyl sites for hydroxylation is 1. The number of thiophene rings is 1. The fraction of sp³-hybridized carbons (Fsp3) is 0.0667. The van der Waals surface area contributed by atoms with E-state index in [2.05, 4.69) is 15.8 Å². The van der Waals surface area contributed by atoms with Crippen LogP contribution in [0.4, 0.5) is 0 Å². The van der Waals surface area contributed by atoms with Crippen LogP contribution in [0.2, 0.25) is 5.02 Å². The number of sulfonamides is 1. The van der Waals surface area contributed by atoms with Crippen LogP contribution in [-0.2, 0) is 21.2 Å². The minimum atomic E-state index is -3.83. The molecule has 0 saturated heterocycles. The zero-order chi connectivity index (χ0) is 26.5. The smallest absolute Gasteiger partial charge is 0.273 e. The van der Waals surface area contributed by atoms with E-state index in [4.69, 9.17) is 11.6 Å². The zero-order valence-electron chi connectivity index (χ0n) is 20.2. The van der Waals surface area contributed by atoms with Crippen LogP contribution in [0.25, 0.3) is 34.2 Å². The van der Waals surface area contributed by atoms with Crippen LogP contribution >= 0.6 is 22.9 Å². The monoisotopic (exact) mass is 558 g/mol. The van der Waals surface area contributed by atoms with Gasteiger partial charge in [-0.1, -0.05) is 78.3 Å². The molecule has 0 unspecified atom stereocenters. The topological polar surface area (TPSA) is 76.1 Å². The predicted molar refractivity (Wildman–Crippen MR) is 156 cm³/mol. The number of amides is 1. The van der Waals surface area contributed by atoms with Crippen molar-refractivity contribution in [1.82, 2.24) is 9.71 Å². The molecule has 0 atom stereocenters. The van der Waals surface area contributed by atoms with Gasteiger partial charge in [-0.05, 0) is 70.5 Å². The highest BCUT2D eigenvalue weighted by Crippen LogP contribution is 2.27. The van der Waals surface area contributed by atoms with E-state index in [1.165, 1.54) is 6.07 Å². The van der Waals surface area contributed by atoms with Crippen LogP contribution in [0.5, 0.6) is 0 Å². The standard InChI is InChI=1S/C30H23ClN2O3S2/c31-25-14-11-23-12-16-26(32-28(23)20-25)15-10-21-5-3-7-24(19-21)27-8-2-1-6-22(27)13-17-29(34)33-38(35,36)30-9-4-18-37-30/h1-12,14-16,18-20H,13,17H2,(H,33,34)/b15-10+. The number of rotatable bonds is 8. The van der Waals surface area contributed by atoms with Gasteiger partial charge < -0.3 is 0 Å². The number of nitrogens with one attached hydrogen (secondary N) is 1. The summed E-state index contributed by atoms with van der Waals surface area (Å²) in [5.41, 5.74) is 5.64. The van der Waals surface area contributed by atoms with Crippen LogP contribution in [0.3, 0.4) is 0 Å². The van der Waals surface area contributed by atoms with Gasteiger partial charge in [0.05, 0.1) is 11.2 Å². The molecule has 1 amide bonds. The van der Waals surface area contributed by atoms with E-state index in [-0.39, 0.29) is 10.6 Å². The van der Waals surface area contributed by atoms with Crippen molar-refractivity contribution in [3.05, 3.63) is 118 Å². The van der Waals surface area contributed by atoms with Gasteiger partial charge in [0.1, 0.15) is 4.21 Å². The lowest BCUT2D eigenvalue weighted by Crippen LogP contribution is -2.30. The number of carbonyl (C=O) groups excluding carboxylic acids is 1. The Labute approximate surface area is 230 Å². The Hall–Kier alpha value is -3.78. The Balaban J connectivity index is 1.31. The molecule has 0 aliphatic rings. The number of hydrogen-bond acceptors (Lipinski definition) is 5.